The maximum absolute atomic E-state index is 13.0. The summed E-state index contributed by atoms with van der Waals surface area (Å²) < 4.78 is 0. The number of fused-ring (bicyclic) bond motifs is 2. The minimum absolute atomic E-state index is 0.263. The van der Waals surface area contributed by atoms with Crippen LogP contribution >= 0.6 is 0 Å². The van der Waals surface area contributed by atoms with E-state index in [9.17, 15) is 14.4 Å². The number of amides is 3. The van der Waals surface area contributed by atoms with Gasteiger partial charge >= 0.3 is 6.03 Å². The van der Waals surface area contributed by atoms with Crippen molar-refractivity contribution in [1.29, 1.82) is 0 Å². The van der Waals surface area contributed by atoms with E-state index in [-0.39, 0.29) is 18.2 Å². The Hall–Kier alpha value is -3.87. The molecule has 150 valence electrons. The molecule has 2 aromatic carbocycles. The van der Waals surface area contributed by atoms with E-state index in [4.69, 9.17) is 0 Å². The van der Waals surface area contributed by atoms with Crippen LogP contribution in [0.15, 0.2) is 54.7 Å². The van der Waals surface area contributed by atoms with Gasteiger partial charge in [-0.05, 0) is 24.6 Å². The molecule has 0 bridgehead atoms. The number of imide groups is 1. The highest BCUT2D eigenvalue weighted by Crippen LogP contribution is 2.24. The lowest BCUT2D eigenvalue weighted by molar-refractivity contribution is -0.127. The SMILES string of the molecule is Cc1[nH]c2ccccc2c1C(=O)CN1C(=O)NC(Cc2c[nH]c3ccccc23)C1=O. The molecule has 1 fully saturated rings. The molecule has 3 N–H and O–H groups in total. The minimum atomic E-state index is -0.687. The molecule has 0 spiro atoms. The van der Waals surface area contributed by atoms with Crippen molar-refractivity contribution in [2.75, 3.05) is 6.54 Å². The Morgan fingerprint density at radius 1 is 1.00 bits per heavy atom. The smallest absolute Gasteiger partial charge is 0.325 e. The summed E-state index contributed by atoms with van der Waals surface area (Å²) in [4.78, 5) is 45.7. The second-order valence-corrected chi connectivity index (χ2v) is 7.58. The number of aromatic nitrogens is 2. The number of para-hydroxylation sites is 2. The molecule has 7 nitrogen and oxygen atoms in total. The maximum Gasteiger partial charge on any atom is 0.325 e. The molecule has 1 aliphatic rings. The highest BCUT2D eigenvalue weighted by Gasteiger charge is 2.39. The number of H-pyrrole nitrogens is 2. The minimum Gasteiger partial charge on any atom is -0.361 e. The molecule has 1 unspecified atom stereocenters. The Labute approximate surface area is 172 Å². The topological polar surface area (TPSA) is 98.1 Å². The summed E-state index contributed by atoms with van der Waals surface area (Å²) in [5.41, 5.74) is 4.03. The van der Waals surface area contributed by atoms with Gasteiger partial charge in [-0.1, -0.05) is 36.4 Å². The van der Waals surface area contributed by atoms with Crippen LogP contribution in [0.4, 0.5) is 4.79 Å². The number of nitrogens with one attached hydrogen (secondary N) is 3. The number of aromatic amines is 2. The van der Waals surface area contributed by atoms with E-state index in [1.807, 2.05) is 61.7 Å². The van der Waals surface area contributed by atoms with Gasteiger partial charge in [0.15, 0.2) is 5.78 Å². The molecule has 7 heteroatoms. The van der Waals surface area contributed by atoms with Crippen LogP contribution in [0, 0.1) is 6.92 Å². The van der Waals surface area contributed by atoms with Gasteiger partial charge in [0.25, 0.3) is 5.91 Å². The van der Waals surface area contributed by atoms with Crippen molar-refractivity contribution in [2.45, 2.75) is 19.4 Å². The first-order valence-electron chi connectivity index (χ1n) is 9.80. The molecular formula is C23H20N4O3. The molecule has 30 heavy (non-hydrogen) atoms. The Morgan fingerprint density at radius 2 is 1.70 bits per heavy atom. The summed E-state index contributed by atoms with van der Waals surface area (Å²) in [6.45, 7) is 1.54. The number of benzene rings is 2. The van der Waals surface area contributed by atoms with Crippen LogP contribution in [-0.4, -0.2) is 45.2 Å². The lowest BCUT2D eigenvalue weighted by Gasteiger charge is -2.12. The molecular weight excluding hydrogens is 380 g/mol. The number of rotatable bonds is 5. The normalized spacial score (nSPS) is 16.6. The first-order valence-corrected chi connectivity index (χ1v) is 9.80. The highest BCUT2D eigenvalue weighted by atomic mass is 16.2. The number of urea groups is 1. The molecule has 3 heterocycles. The number of hydrogen-bond acceptors (Lipinski definition) is 3. The third-order valence-corrected chi connectivity index (χ3v) is 5.68. The fraction of sp³-hybridized carbons (Fsp3) is 0.174. The van der Waals surface area contributed by atoms with Gasteiger partial charge in [-0.2, -0.15) is 0 Å². The molecule has 1 aliphatic heterocycles. The number of nitrogens with zero attached hydrogens (tertiary/aromatic N) is 1. The fourth-order valence-corrected chi connectivity index (χ4v) is 4.24. The number of ketones is 1. The first-order chi connectivity index (χ1) is 14.5. The lowest BCUT2D eigenvalue weighted by Crippen LogP contribution is -2.36. The van der Waals surface area contributed by atoms with Crippen molar-refractivity contribution in [3.63, 3.8) is 0 Å². The van der Waals surface area contributed by atoms with Crippen molar-refractivity contribution in [2.24, 2.45) is 0 Å². The molecule has 2 aromatic heterocycles. The molecule has 4 aromatic rings. The highest BCUT2D eigenvalue weighted by molar-refractivity contribution is 6.14. The van der Waals surface area contributed by atoms with E-state index < -0.39 is 12.1 Å². The standard InChI is InChI=1S/C23H20N4O3/c1-13-21(16-7-3-5-9-18(16)25-13)20(28)12-27-22(29)19(26-23(27)30)10-14-11-24-17-8-4-2-6-15(14)17/h2-9,11,19,24-25H,10,12H2,1H3,(H,26,30). The summed E-state index contributed by atoms with van der Waals surface area (Å²) >= 11 is 0. The van der Waals surface area contributed by atoms with E-state index in [0.717, 1.165) is 38.0 Å². The van der Waals surface area contributed by atoms with Crippen LogP contribution in [0.2, 0.25) is 0 Å². The molecule has 0 saturated carbocycles. The second-order valence-electron chi connectivity index (χ2n) is 7.58. The number of carbonyl (C=O) groups excluding carboxylic acids is 3. The van der Waals surface area contributed by atoms with Gasteiger partial charge < -0.3 is 15.3 Å². The predicted octanol–water partition coefficient (Wildman–Crippen LogP) is 3.30. The van der Waals surface area contributed by atoms with Crippen LogP contribution in [0.1, 0.15) is 21.6 Å². The number of aryl methyl sites for hydroxylation is 1. The van der Waals surface area contributed by atoms with E-state index in [0.29, 0.717) is 12.0 Å². The van der Waals surface area contributed by atoms with Gasteiger partial charge in [-0.15, -0.1) is 0 Å². The zero-order valence-corrected chi connectivity index (χ0v) is 16.4. The van der Waals surface area contributed by atoms with Crippen molar-refractivity contribution in [1.82, 2.24) is 20.2 Å². The van der Waals surface area contributed by atoms with Crippen molar-refractivity contribution < 1.29 is 14.4 Å². The van der Waals surface area contributed by atoms with Crippen molar-refractivity contribution >= 4 is 39.5 Å². The average Bonchev–Trinajstić information content (AvgIpc) is 3.38. The molecule has 1 atom stereocenters. The average molecular weight is 400 g/mol. The number of hydrogen-bond donors (Lipinski definition) is 3. The number of Topliss-reactive ketones (excluding diaryl/α,β-unsaturated/α-hetero) is 1. The van der Waals surface area contributed by atoms with E-state index in [1.165, 1.54) is 0 Å². The molecule has 1 saturated heterocycles. The molecule has 5 rings (SSSR count). The number of carbonyl (C=O) groups is 3. The van der Waals surface area contributed by atoms with Crippen LogP contribution in [0.25, 0.3) is 21.8 Å². The maximum atomic E-state index is 13.0. The van der Waals surface area contributed by atoms with Crippen molar-refractivity contribution in [3.8, 4) is 0 Å². The third kappa shape index (κ3) is 2.86. The van der Waals surface area contributed by atoms with Gasteiger partial charge in [0.2, 0.25) is 0 Å². The third-order valence-electron chi connectivity index (χ3n) is 5.68. The summed E-state index contributed by atoms with van der Waals surface area (Å²) in [6.07, 6.45) is 2.22. The molecule has 0 radical (unpaired) electrons. The Morgan fingerprint density at radius 3 is 2.50 bits per heavy atom. The van der Waals surface area contributed by atoms with Gasteiger partial charge in [-0.25, -0.2) is 4.79 Å². The Balaban J connectivity index is 1.37. The summed E-state index contributed by atoms with van der Waals surface area (Å²) in [6, 6.07) is 14.1. The van der Waals surface area contributed by atoms with Crippen LogP contribution < -0.4 is 5.32 Å². The van der Waals surface area contributed by atoms with Crippen molar-refractivity contribution in [3.05, 3.63) is 71.5 Å². The van der Waals surface area contributed by atoms with E-state index in [1.54, 1.807) is 0 Å². The Kier molecular flexibility index (Phi) is 4.17. The van der Waals surface area contributed by atoms with Crippen LogP contribution in [-0.2, 0) is 11.2 Å². The largest absolute Gasteiger partial charge is 0.361 e. The van der Waals surface area contributed by atoms with Crippen LogP contribution in [0.5, 0.6) is 0 Å². The summed E-state index contributed by atoms with van der Waals surface area (Å²) in [7, 11) is 0. The fourth-order valence-electron chi connectivity index (χ4n) is 4.24. The monoisotopic (exact) mass is 400 g/mol. The second kappa shape index (κ2) is 6.88. The first kappa shape index (κ1) is 18.2. The lowest BCUT2D eigenvalue weighted by atomic mass is 10.0. The van der Waals surface area contributed by atoms with Gasteiger partial charge in [0.05, 0.1) is 6.54 Å². The van der Waals surface area contributed by atoms with E-state index >= 15 is 0 Å². The zero-order valence-electron chi connectivity index (χ0n) is 16.4. The molecule has 3 amide bonds. The summed E-state index contributed by atoms with van der Waals surface area (Å²) in [5.74, 6) is -0.641. The van der Waals surface area contributed by atoms with E-state index in [2.05, 4.69) is 15.3 Å². The summed E-state index contributed by atoms with van der Waals surface area (Å²) in [5, 5.41) is 4.53. The predicted molar refractivity (Wildman–Crippen MR) is 113 cm³/mol. The van der Waals surface area contributed by atoms with Gasteiger partial charge in [-0.3, -0.25) is 14.5 Å². The quantitative estimate of drug-likeness (QED) is 0.354. The van der Waals surface area contributed by atoms with Gasteiger partial charge in [0, 0.05) is 45.7 Å². The molecule has 0 aliphatic carbocycles. The Bertz CT molecular complexity index is 1320. The van der Waals surface area contributed by atoms with Gasteiger partial charge in [0.1, 0.15) is 6.04 Å². The zero-order chi connectivity index (χ0) is 20.8. The van der Waals surface area contributed by atoms with Crippen LogP contribution in [0.3, 0.4) is 0 Å².